The number of carbonyl (C=O) groups excluding carboxylic acids is 2. The third-order valence-electron chi connectivity index (χ3n) is 1.77. The van der Waals surface area contributed by atoms with E-state index >= 15 is 0 Å². The molecule has 1 aromatic heterocycles. The Morgan fingerprint density at radius 2 is 2.17 bits per heavy atom. The number of hydrazine groups is 1. The minimum atomic E-state index is -0.303. The van der Waals surface area contributed by atoms with Crippen LogP contribution in [-0.4, -0.2) is 28.9 Å². The summed E-state index contributed by atoms with van der Waals surface area (Å²) < 4.78 is 0. The lowest BCUT2D eigenvalue weighted by atomic mass is 10.1. The summed E-state index contributed by atoms with van der Waals surface area (Å²) in [5, 5.41) is 1.80. The van der Waals surface area contributed by atoms with Gasteiger partial charge in [0.1, 0.15) is 0 Å². The highest BCUT2D eigenvalue weighted by molar-refractivity contribution is 8.00. The Labute approximate surface area is 114 Å². The zero-order valence-corrected chi connectivity index (χ0v) is 12.0. The van der Waals surface area contributed by atoms with E-state index in [9.17, 15) is 9.59 Å². The maximum atomic E-state index is 11.5. The smallest absolute Gasteiger partial charge is 0.279 e. The van der Waals surface area contributed by atoms with Crippen molar-refractivity contribution >= 4 is 34.9 Å². The van der Waals surface area contributed by atoms with Crippen molar-refractivity contribution in [2.45, 2.75) is 19.4 Å². The molecule has 0 aromatic carbocycles. The molecule has 0 radical (unpaired) electrons. The van der Waals surface area contributed by atoms with Gasteiger partial charge in [-0.1, -0.05) is 6.07 Å². The number of amides is 2. The van der Waals surface area contributed by atoms with Crippen LogP contribution in [0.4, 0.5) is 0 Å². The summed E-state index contributed by atoms with van der Waals surface area (Å²) in [6.45, 7) is 3.80. The number of nitrogens with two attached hydrogens (primary N) is 1. The van der Waals surface area contributed by atoms with E-state index in [1.165, 1.54) is 23.1 Å². The zero-order chi connectivity index (χ0) is 13.6. The van der Waals surface area contributed by atoms with Crippen molar-refractivity contribution in [2.75, 3.05) is 11.5 Å². The molecule has 0 unspecified atom stereocenters. The predicted molar refractivity (Wildman–Crippen MR) is 75.5 cm³/mol. The lowest BCUT2D eigenvalue weighted by molar-refractivity contribution is -0.119. The predicted octanol–water partition coefficient (Wildman–Crippen LogP) is 0.980. The maximum Gasteiger partial charge on any atom is 0.279 e. The largest absolute Gasteiger partial charge is 0.325 e. The maximum absolute atomic E-state index is 11.5. The Kier molecular flexibility index (Phi) is 5.64. The minimum absolute atomic E-state index is 0.242. The van der Waals surface area contributed by atoms with E-state index in [-0.39, 0.29) is 23.1 Å². The quantitative estimate of drug-likeness (QED) is 0.705. The summed E-state index contributed by atoms with van der Waals surface area (Å²) in [7, 11) is 0. The highest BCUT2D eigenvalue weighted by Gasteiger charge is 2.12. The second-order valence-electron chi connectivity index (χ2n) is 4.46. The molecule has 0 aliphatic heterocycles. The fourth-order valence-electron chi connectivity index (χ4n) is 1.04. The molecule has 5 nitrogen and oxygen atoms in total. The topological polar surface area (TPSA) is 84.2 Å². The molecule has 18 heavy (non-hydrogen) atoms. The van der Waals surface area contributed by atoms with Crippen LogP contribution in [0.5, 0.6) is 0 Å². The van der Waals surface area contributed by atoms with Crippen LogP contribution < -0.4 is 16.6 Å². The molecule has 7 heteroatoms. The Balaban J connectivity index is 2.20. The SMILES string of the molecule is CC(C)(N)CSCC(=O)NNC(=O)c1cccs1. The first-order chi connectivity index (χ1) is 8.38. The molecule has 0 saturated carbocycles. The molecule has 0 bridgehead atoms. The number of hydrogen-bond acceptors (Lipinski definition) is 5. The van der Waals surface area contributed by atoms with Crippen LogP contribution in [0.3, 0.4) is 0 Å². The number of thioether (sulfide) groups is 1. The lowest BCUT2D eigenvalue weighted by Crippen LogP contribution is -2.42. The highest BCUT2D eigenvalue weighted by atomic mass is 32.2. The minimum Gasteiger partial charge on any atom is -0.325 e. The number of carbonyl (C=O) groups is 2. The summed E-state index contributed by atoms with van der Waals surface area (Å²) in [6.07, 6.45) is 0. The summed E-state index contributed by atoms with van der Waals surface area (Å²) in [5.74, 6) is 0.404. The second-order valence-corrected chi connectivity index (χ2v) is 6.39. The molecule has 1 aromatic rings. The van der Waals surface area contributed by atoms with E-state index in [4.69, 9.17) is 5.73 Å². The van der Waals surface area contributed by atoms with Crippen molar-refractivity contribution < 1.29 is 9.59 Å². The van der Waals surface area contributed by atoms with Crippen LogP contribution in [0.1, 0.15) is 23.5 Å². The van der Waals surface area contributed by atoms with E-state index < -0.39 is 0 Å². The van der Waals surface area contributed by atoms with Crippen LogP contribution >= 0.6 is 23.1 Å². The second kappa shape index (κ2) is 6.77. The van der Waals surface area contributed by atoms with E-state index in [1.807, 2.05) is 13.8 Å². The summed E-state index contributed by atoms with van der Waals surface area (Å²) in [5.41, 5.74) is 10.2. The molecule has 0 atom stereocenters. The van der Waals surface area contributed by atoms with Crippen LogP contribution in [0, 0.1) is 0 Å². The van der Waals surface area contributed by atoms with Gasteiger partial charge in [0.2, 0.25) is 5.91 Å². The van der Waals surface area contributed by atoms with E-state index in [0.29, 0.717) is 10.6 Å². The standard InChI is InChI=1S/C11H17N3O2S2/c1-11(2,12)7-17-6-9(15)13-14-10(16)8-4-3-5-18-8/h3-5H,6-7,12H2,1-2H3,(H,13,15)(H,14,16). The van der Waals surface area contributed by atoms with Gasteiger partial charge < -0.3 is 5.73 Å². The molecule has 0 aliphatic carbocycles. The van der Waals surface area contributed by atoms with Gasteiger partial charge in [-0.3, -0.25) is 20.4 Å². The Hall–Kier alpha value is -1.05. The Morgan fingerprint density at radius 1 is 1.44 bits per heavy atom. The fourth-order valence-corrected chi connectivity index (χ4v) is 2.54. The lowest BCUT2D eigenvalue weighted by Gasteiger charge is -2.17. The molecule has 0 spiro atoms. The summed E-state index contributed by atoms with van der Waals surface area (Å²) in [4.78, 5) is 23.5. The van der Waals surface area contributed by atoms with Gasteiger partial charge >= 0.3 is 0 Å². The van der Waals surface area contributed by atoms with Crippen LogP contribution in [0.25, 0.3) is 0 Å². The van der Waals surface area contributed by atoms with Gasteiger partial charge in [-0.2, -0.15) is 11.8 Å². The highest BCUT2D eigenvalue weighted by Crippen LogP contribution is 2.09. The first-order valence-electron chi connectivity index (χ1n) is 5.38. The number of hydrogen-bond donors (Lipinski definition) is 3. The molecule has 100 valence electrons. The van der Waals surface area contributed by atoms with Crippen molar-refractivity contribution in [1.82, 2.24) is 10.9 Å². The molecular weight excluding hydrogens is 270 g/mol. The van der Waals surface area contributed by atoms with Crippen molar-refractivity contribution in [3.63, 3.8) is 0 Å². The summed E-state index contributed by atoms with van der Waals surface area (Å²) >= 11 is 2.75. The van der Waals surface area contributed by atoms with Gasteiger partial charge in [0.25, 0.3) is 5.91 Å². The normalized spacial score (nSPS) is 11.1. The summed E-state index contributed by atoms with van der Waals surface area (Å²) in [6, 6.07) is 3.47. The first-order valence-corrected chi connectivity index (χ1v) is 7.41. The van der Waals surface area contributed by atoms with Crippen molar-refractivity contribution in [3.8, 4) is 0 Å². The molecular formula is C11H17N3O2S2. The van der Waals surface area contributed by atoms with E-state index in [0.717, 1.165) is 0 Å². The average molecular weight is 287 g/mol. The fraction of sp³-hybridized carbons (Fsp3) is 0.455. The van der Waals surface area contributed by atoms with E-state index in [2.05, 4.69) is 10.9 Å². The van der Waals surface area contributed by atoms with Gasteiger partial charge in [-0.25, -0.2) is 0 Å². The van der Waals surface area contributed by atoms with Gasteiger partial charge in [0.15, 0.2) is 0 Å². The van der Waals surface area contributed by atoms with Gasteiger partial charge in [-0.15, -0.1) is 11.3 Å². The molecule has 2 amide bonds. The van der Waals surface area contributed by atoms with E-state index in [1.54, 1.807) is 17.5 Å². The molecule has 1 rings (SSSR count). The van der Waals surface area contributed by atoms with Crippen LogP contribution in [0.15, 0.2) is 17.5 Å². The monoisotopic (exact) mass is 287 g/mol. The average Bonchev–Trinajstić information content (AvgIpc) is 2.77. The van der Waals surface area contributed by atoms with Gasteiger partial charge in [0, 0.05) is 11.3 Å². The number of thiophene rings is 1. The molecule has 4 N–H and O–H groups in total. The third kappa shape index (κ3) is 6.04. The van der Waals surface area contributed by atoms with Crippen molar-refractivity contribution in [2.24, 2.45) is 5.73 Å². The molecule has 0 saturated heterocycles. The van der Waals surface area contributed by atoms with Crippen LogP contribution in [0.2, 0.25) is 0 Å². The Morgan fingerprint density at radius 3 is 2.72 bits per heavy atom. The molecule has 0 fully saturated rings. The van der Waals surface area contributed by atoms with Crippen LogP contribution in [-0.2, 0) is 4.79 Å². The molecule has 0 aliphatic rings. The Bertz CT molecular complexity index is 399. The molecule has 1 heterocycles. The zero-order valence-electron chi connectivity index (χ0n) is 10.4. The van der Waals surface area contributed by atoms with Crippen molar-refractivity contribution in [1.29, 1.82) is 0 Å². The van der Waals surface area contributed by atoms with Crippen molar-refractivity contribution in [3.05, 3.63) is 22.4 Å². The first kappa shape index (κ1) is 15.0. The van der Waals surface area contributed by atoms with Gasteiger partial charge in [-0.05, 0) is 25.3 Å². The number of nitrogens with one attached hydrogen (secondary N) is 2. The number of rotatable bonds is 5. The van der Waals surface area contributed by atoms with Gasteiger partial charge in [0.05, 0.1) is 10.6 Å². The third-order valence-corrected chi connectivity index (χ3v) is 4.05.